The van der Waals surface area contributed by atoms with Gasteiger partial charge in [-0.1, -0.05) is 18.2 Å². The maximum atomic E-state index is 11.9. The summed E-state index contributed by atoms with van der Waals surface area (Å²) >= 11 is 0. The molecule has 1 rings (SSSR count). The first kappa shape index (κ1) is 13.0. The Hall–Kier alpha value is -1.09. The lowest BCUT2D eigenvalue weighted by Gasteiger charge is -2.42. The highest BCUT2D eigenvalue weighted by Gasteiger charge is 2.28. The standard InChI is InChI=1S/C13H22N2O/c1-5-6-7-8-13(16)15-10-11(2)14(4)9-12(15)3/h5-8,11-12H,9-10H2,1-4H3. The highest BCUT2D eigenvalue weighted by molar-refractivity contribution is 5.88. The van der Waals surface area contributed by atoms with Crippen LogP contribution < -0.4 is 0 Å². The maximum Gasteiger partial charge on any atom is 0.246 e. The molecule has 0 aromatic rings. The zero-order chi connectivity index (χ0) is 12.1. The fraction of sp³-hybridized carbons (Fsp3) is 0.615. The maximum absolute atomic E-state index is 11.9. The first-order valence-corrected chi connectivity index (χ1v) is 5.86. The number of nitrogens with zero attached hydrogens (tertiary/aromatic N) is 2. The summed E-state index contributed by atoms with van der Waals surface area (Å²) in [5.74, 6) is 0.116. The number of carbonyl (C=O) groups excluding carboxylic acids is 1. The van der Waals surface area contributed by atoms with Crippen LogP contribution in [0.3, 0.4) is 0 Å². The van der Waals surface area contributed by atoms with E-state index in [1.807, 2.05) is 24.0 Å². The minimum absolute atomic E-state index is 0.116. The number of amides is 1. The molecule has 3 nitrogen and oxygen atoms in total. The van der Waals surface area contributed by atoms with Crippen LogP contribution in [-0.4, -0.2) is 47.9 Å². The van der Waals surface area contributed by atoms with Gasteiger partial charge in [-0.05, 0) is 27.8 Å². The predicted octanol–water partition coefficient (Wildman–Crippen LogP) is 1.67. The lowest BCUT2D eigenvalue weighted by Crippen LogP contribution is -2.56. The van der Waals surface area contributed by atoms with Gasteiger partial charge in [-0.15, -0.1) is 0 Å². The predicted molar refractivity (Wildman–Crippen MR) is 67.2 cm³/mol. The van der Waals surface area contributed by atoms with E-state index in [9.17, 15) is 4.79 Å². The monoisotopic (exact) mass is 222 g/mol. The molecule has 90 valence electrons. The van der Waals surface area contributed by atoms with Crippen molar-refractivity contribution >= 4 is 5.91 Å². The Kier molecular flexibility index (Phi) is 4.74. The summed E-state index contributed by atoms with van der Waals surface area (Å²) in [6.45, 7) is 7.96. The van der Waals surface area contributed by atoms with Crippen LogP contribution in [0.25, 0.3) is 0 Å². The van der Waals surface area contributed by atoms with E-state index in [1.54, 1.807) is 12.2 Å². The summed E-state index contributed by atoms with van der Waals surface area (Å²) in [7, 11) is 2.11. The van der Waals surface area contributed by atoms with Gasteiger partial charge in [0.2, 0.25) is 5.91 Å². The fourth-order valence-corrected chi connectivity index (χ4v) is 1.95. The molecule has 0 N–H and O–H groups in total. The van der Waals surface area contributed by atoms with Gasteiger partial charge in [-0.25, -0.2) is 0 Å². The Labute approximate surface area is 98.4 Å². The third kappa shape index (κ3) is 3.20. The molecule has 0 aromatic carbocycles. The third-order valence-corrected chi connectivity index (χ3v) is 3.12. The molecule has 1 heterocycles. The van der Waals surface area contributed by atoms with E-state index in [1.165, 1.54) is 0 Å². The van der Waals surface area contributed by atoms with Crippen molar-refractivity contribution in [3.63, 3.8) is 0 Å². The Morgan fingerprint density at radius 3 is 2.50 bits per heavy atom. The molecule has 0 bridgehead atoms. The van der Waals surface area contributed by atoms with Gasteiger partial charge in [0, 0.05) is 31.2 Å². The van der Waals surface area contributed by atoms with Crippen LogP contribution in [0.15, 0.2) is 24.3 Å². The van der Waals surface area contributed by atoms with Gasteiger partial charge in [0.15, 0.2) is 0 Å². The number of carbonyl (C=O) groups is 1. The molecular weight excluding hydrogens is 200 g/mol. The first-order valence-electron chi connectivity index (χ1n) is 5.86. The highest BCUT2D eigenvalue weighted by Crippen LogP contribution is 2.13. The number of likely N-dealkylation sites (N-methyl/N-ethyl adjacent to an activating group) is 1. The van der Waals surface area contributed by atoms with Crippen LogP contribution >= 0.6 is 0 Å². The Morgan fingerprint density at radius 2 is 1.88 bits per heavy atom. The van der Waals surface area contributed by atoms with Crippen LogP contribution in [-0.2, 0) is 4.79 Å². The van der Waals surface area contributed by atoms with Gasteiger partial charge < -0.3 is 4.90 Å². The zero-order valence-corrected chi connectivity index (χ0v) is 10.7. The van der Waals surface area contributed by atoms with E-state index in [2.05, 4.69) is 25.8 Å². The smallest absolute Gasteiger partial charge is 0.246 e. The van der Waals surface area contributed by atoms with Crippen LogP contribution in [0, 0.1) is 0 Å². The zero-order valence-electron chi connectivity index (χ0n) is 10.7. The summed E-state index contributed by atoms with van der Waals surface area (Å²) in [6, 6.07) is 0.735. The summed E-state index contributed by atoms with van der Waals surface area (Å²) in [5.41, 5.74) is 0. The Morgan fingerprint density at radius 1 is 1.19 bits per heavy atom. The number of hydrogen-bond acceptors (Lipinski definition) is 2. The molecule has 2 unspecified atom stereocenters. The third-order valence-electron chi connectivity index (χ3n) is 3.12. The average molecular weight is 222 g/mol. The van der Waals surface area contributed by atoms with Gasteiger partial charge in [0.1, 0.15) is 0 Å². The molecule has 1 amide bonds. The lowest BCUT2D eigenvalue weighted by atomic mass is 10.1. The van der Waals surface area contributed by atoms with E-state index >= 15 is 0 Å². The van der Waals surface area contributed by atoms with E-state index in [0.717, 1.165) is 13.1 Å². The molecule has 1 fully saturated rings. The molecule has 0 aromatic heterocycles. The number of piperazine rings is 1. The lowest BCUT2D eigenvalue weighted by molar-refractivity contribution is -0.131. The van der Waals surface area contributed by atoms with Crippen LogP contribution in [0.2, 0.25) is 0 Å². The molecule has 0 aliphatic carbocycles. The van der Waals surface area contributed by atoms with Crippen LogP contribution in [0.1, 0.15) is 20.8 Å². The first-order chi connectivity index (χ1) is 7.56. The number of allylic oxidation sites excluding steroid dienone is 3. The molecule has 0 saturated carbocycles. The van der Waals surface area contributed by atoms with E-state index in [0.29, 0.717) is 12.1 Å². The Bertz CT molecular complexity index is 296. The molecule has 1 aliphatic rings. The average Bonchev–Trinajstić information content (AvgIpc) is 2.23. The van der Waals surface area contributed by atoms with Crippen LogP contribution in [0.5, 0.6) is 0 Å². The number of rotatable bonds is 2. The highest BCUT2D eigenvalue weighted by atomic mass is 16.2. The van der Waals surface area contributed by atoms with Gasteiger partial charge >= 0.3 is 0 Å². The van der Waals surface area contributed by atoms with Crippen molar-refractivity contribution in [1.82, 2.24) is 9.80 Å². The fourth-order valence-electron chi connectivity index (χ4n) is 1.95. The summed E-state index contributed by atoms with van der Waals surface area (Å²) in [6.07, 6.45) is 7.24. The van der Waals surface area contributed by atoms with Crippen LogP contribution in [0.4, 0.5) is 0 Å². The van der Waals surface area contributed by atoms with Crippen molar-refractivity contribution < 1.29 is 4.79 Å². The van der Waals surface area contributed by atoms with Crippen molar-refractivity contribution in [2.45, 2.75) is 32.9 Å². The molecule has 0 radical (unpaired) electrons. The molecule has 16 heavy (non-hydrogen) atoms. The molecule has 1 saturated heterocycles. The Balaban J connectivity index is 2.62. The van der Waals surface area contributed by atoms with E-state index in [4.69, 9.17) is 0 Å². The van der Waals surface area contributed by atoms with Gasteiger partial charge in [-0.3, -0.25) is 9.69 Å². The molecule has 2 atom stereocenters. The molecule has 3 heteroatoms. The quantitative estimate of drug-likeness (QED) is 0.524. The normalized spacial score (nSPS) is 28.1. The van der Waals surface area contributed by atoms with Crippen molar-refractivity contribution in [1.29, 1.82) is 0 Å². The summed E-state index contributed by atoms with van der Waals surface area (Å²) in [5, 5.41) is 0. The SMILES string of the molecule is CC=CC=CC(=O)N1CC(C)N(C)CC1C. The topological polar surface area (TPSA) is 23.6 Å². The van der Waals surface area contributed by atoms with E-state index in [-0.39, 0.29) is 5.91 Å². The van der Waals surface area contributed by atoms with Gasteiger partial charge in [-0.2, -0.15) is 0 Å². The minimum Gasteiger partial charge on any atom is -0.334 e. The molecule has 0 spiro atoms. The van der Waals surface area contributed by atoms with Gasteiger partial charge in [0.25, 0.3) is 0 Å². The molecular formula is C13H22N2O. The van der Waals surface area contributed by atoms with Crippen molar-refractivity contribution in [3.05, 3.63) is 24.3 Å². The van der Waals surface area contributed by atoms with Crippen molar-refractivity contribution in [2.24, 2.45) is 0 Å². The van der Waals surface area contributed by atoms with Crippen molar-refractivity contribution in [3.8, 4) is 0 Å². The second-order valence-electron chi connectivity index (χ2n) is 4.51. The number of hydrogen-bond donors (Lipinski definition) is 0. The largest absolute Gasteiger partial charge is 0.334 e. The van der Waals surface area contributed by atoms with Crippen molar-refractivity contribution in [2.75, 3.05) is 20.1 Å². The summed E-state index contributed by atoms with van der Waals surface area (Å²) < 4.78 is 0. The van der Waals surface area contributed by atoms with Gasteiger partial charge in [0.05, 0.1) is 0 Å². The second kappa shape index (κ2) is 5.85. The summed E-state index contributed by atoms with van der Waals surface area (Å²) in [4.78, 5) is 16.2. The van der Waals surface area contributed by atoms with E-state index < -0.39 is 0 Å². The minimum atomic E-state index is 0.116. The molecule has 1 aliphatic heterocycles. The second-order valence-corrected chi connectivity index (χ2v) is 4.51.